The molecule has 1 unspecified atom stereocenters. The lowest BCUT2D eigenvalue weighted by Gasteiger charge is -2.19. The Morgan fingerprint density at radius 3 is 1.53 bits per heavy atom. The molecule has 3 aromatic carbocycles. The minimum absolute atomic E-state index is 0.548. The summed E-state index contributed by atoms with van der Waals surface area (Å²) in [6.07, 6.45) is 12.0. The molecule has 2 aromatic heterocycles. The summed E-state index contributed by atoms with van der Waals surface area (Å²) < 4.78 is 12.8. The Balaban J connectivity index is 1.47. The largest absolute Gasteiger partial charge is 0.496 e. The molecule has 0 saturated heterocycles. The number of hydrogen-bond donors (Lipinski definition) is 0. The Kier molecular flexibility index (Phi) is 13.2. The number of unbranched alkanes of at least 4 members (excludes halogenated alkanes) is 3. The highest BCUT2D eigenvalue weighted by molar-refractivity contribution is 7.14. The fourth-order valence-electron chi connectivity index (χ4n) is 6.09. The average Bonchev–Trinajstić information content (AvgIpc) is 3.81. The molecule has 0 aliphatic rings. The van der Waals surface area contributed by atoms with Crippen molar-refractivity contribution < 1.29 is 9.47 Å². The molecule has 0 fully saturated rings. The van der Waals surface area contributed by atoms with Gasteiger partial charge in [-0.2, -0.15) is 0 Å². The molecule has 0 saturated carbocycles. The van der Waals surface area contributed by atoms with E-state index in [0.29, 0.717) is 5.92 Å². The van der Waals surface area contributed by atoms with Crippen LogP contribution in [0.5, 0.6) is 11.5 Å². The van der Waals surface area contributed by atoms with Gasteiger partial charge in [0.1, 0.15) is 11.5 Å². The maximum Gasteiger partial charge on any atom is 0.128 e. The highest BCUT2D eigenvalue weighted by Gasteiger charge is 2.19. The summed E-state index contributed by atoms with van der Waals surface area (Å²) >= 11 is 3.55. The van der Waals surface area contributed by atoms with Gasteiger partial charge in [-0.3, -0.25) is 0 Å². The molecule has 0 amide bonds. The molecule has 0 N–H and O–H groups in total. The van der Waals surface area contributed by atoms with Gasteiger partial charge in [-0.15, -0.1) is 22.7 Å². The first-order valence-electron chi connectivity index (χ1n) is 17.8. The smallest absolute Gasteiger partial charge is 0.128 e. The predicted octanol–water partition coefficient (Wildman–Crippen LogP) is 13.8. The first kappa shape index (κ1) is 35.0. The molecule has 248 valence electrons. The molecule has 1 atom stereocenters. The number of benzene rings is 3. The Morgan fingerprint density at radius 1 is 0.574 bits per heavy atom. The monoisotopic (exact) mass is 664 g/mol. The van der Waals surface area contributed by atoms with Crippen LogP contribution in [0.4, 0.5) is 0 Å². The Morgan fingerprint density at radius 2 is 1.06 bits per heavy atom. The SMILES string of the molecule is CCCCc1ccc(-c2csc(-c3cc(OCC(CC)CCCC)c(-c4cc(-c5ccc(CCCC)cc5)cs4)cc3OC)c2)cc1. The lowest BCUT2D eigenvalue weighted by molar-refractivity contribution is 0.234. The quantitative estimate of drug-likeness (QED) is 0.0928. The summed E-state index contributed by atoms with van der Waals surface area (Å²) in [6, 6.07) is 27.2. The Hall–Kier alpha value is -3.34. The normalized spacial score (nSPS) is 11.9. The maximum atomic E-state index is 6.76. The fourth-order valence-corrected chi connectivity index (χ4v) is 7.97. The molecule has 0 radical (unpaired) electrons. The van der Waals surface area contributed by atoms with Gasteiger partial charge in [0, 0.05) is 20.9 Å². The Bertz CT molecular complexity index is 1660. The lowest BCUT2D eigenvalue weighted by Crippen LogP contribution is -2.12. The highest BCUT2D eigenvalue weighted by Crippen LogP contribution is 2.46. The first-order valence-corrected chi connectivity index (χ1v) is 19.5. The second-order valence-electron chi connectivity index (χ2n) is 12.8. The standard InChI is InChI=1S/C43H52O2S2/c1-6-10-13-31(9-4)28-45-41-27-38(42-24-36(29-46-42)34-20-16-32(17-21-34)14-11-7-2)40(44-5)26-39(41)43-25-37(30-47-43)35-22-18-33(19-23-35)15-12-8-3/h16-27,29-31H,6-15,28H2,1-5H3. The van der Waals surface area contributed by atoms with Gasteiger partial charge in [0.15, 0.2) is 0 Å². The molecule has 4 heteroatoms. The van der Waals surface area contributed by atoms with E-state index in [9.17, 15) is 0 Å². The van der Waals surface area contributed by atoms with Gasteiger partial charge in [0.2, 0.25) is 0 Å². The predicted molar refractivity (Wildman–Crippen MR) is 207 cm³/mol. The van der Waals surface area contributed by atoms with Crippen molar-refractivity contribution in [3.63, 3.8) is 0 Å². The number of thiophene rings is 2. The minimum atomic E-state index is 0.548. The van der Waals surface area contributed by atoms with Gasteiger partial charge >= 0.3 is 0 Å². The van der Waals surface area contributed by atoms with Gasteiger partial charge < -0.3 is 9.47 Å². The molecule has 5 rings (SSSR count). The Labute approximate surface area is 291 Å². The second-order valence-corrected chi connectivity index (χ2v) is 14.6. The number of aryl methyl sites for hydroxylation is 2. The van der Waals surface area contributed by atoms with Crippen LogP contribution in [0.25, 0.3) is 43.1 Å². The van der Waals surface area contributed by atoms with Crippen molar-refractivity contribution in [1.29, 1.82) is 0 Å². The van der Waals surface area contributed by atoms with Gasteiger partial charge in [-0.1, -0.05) is 108 Å². The molecule has 2 heterocycles. The van der Waals surface area contributed by atoms with Crippen molar-refractivity contribution >= 4 is 22.7 Å². The van der Waals surface area contributed by atoms with Gasteiger partial charge in [-0.05, 0) is 106 Å². The first-order chi connectivity index (χ1) is 23.1. The molecule has 0 aliphatic heterocycles. The van der Waals surface area contributed by atoms with E-state index in [1.54, 1.807) is 29.8 Å². The molecule has 47 heavy (non-hydrogen) atoms. The lowest BCUT2D eigenvalue weighted by atomic mass is 10.00. The minimum Gasteiger partial charge on any atom is -0.496 e. The fraction of sp³-hybridized carbons (Fsp3) is 0.395. The summed E-state index contributed by atoms with van der Waals surface area (Å²) in [6.45, 7) is 9.78. The summed E-state index contributed by atoms with van der Waals surface area (Å²) in [5.41, 5.74) is 10.0. The maximum absolute atomic E-state index is 6.76. The number of methoxy groups -OCH3 is 1. The van der Waals surface area contributed by atoms with Crippen molar-refractivity contribution in [2.75, 3.05) is 13.7 Å². The van der Waals surface area contributed by atoms with Crippen LogP contribution in [0.2, 0.25) is 0 Å². The molecular formula is C43H52O2S2. The van der Waals surface area contributed by atoms with Crippen LogP contribution in [0.15, 0.2) is 83.6 Å². The van der Waals surface area contributed by atoms with E-state index < -0.39 is 0 Å². The molecule has 0 bridgehead atoms. The zero-order chi connectivity index (χ0) is 33.0. The third kappa shape index (κ3) is 9.18. The van der Waals surface area contributed by atoms with Crippen molar-refractivity contribution in [1.82, 2.24) is 0 Å². The molecule has 2 nitrogen and oxygen atoms in total. The number of rotatable bonds is 18. The van der Waals surface area contributed by atoms with Gasteiger partial charge in [0.05, 0.1) is 13.7 Å². The summed E-state index contributed by atoms with van der Waals surface area (Å²) in [5, 5.41) is 4.54. The molecule has 0 spiro atoms. The van der Waals surface area contributed by atoms with Crippen LogP contribution < -0.4 is 9.47 Å². The summed E-state index contributed by atoms with van der Waals surface area (Å²) in [7, 11) is 1.78. The van der Waals surface area contributed by atoms with E-state index in [1.165, 1.54) is 88.1 Å². The van der Waals surface area contributed by atoms with Crippen molar-refractivity contribution in [3.05, 3.63) is 94.7 Å². The van der Waals surface area contributed by atoms with Crippen LogP contribution in [0.1, 0.15) is 90.2 Å². The number of ether oxygens (including phenoxy) is 2. The van der Waals surface area contributed by atoms with Gasteiger partial charge in [-0.25, -0.2) is 0 Å². The third-order valence-corrected chi connectivity index (χ3v) is 11.2. The van der Waals surface area contributed by atoms with E-state index in [0.717, 1.165) is 48.5 Å². The zero-order valence-corrected chi connectivity index (χ0v) is 30.7. The van der Waals surface area contributed by atoms with Gasteiger partial charge in [0.25, 0.3) is 0 Å². The number of hydrogen-bond acceptors (Lipinski definition) is 4. The van der Waals surface area contributed by atoms with Crippen molar-refractivity contribution in [2.45, 2.75) is 91.9 Å². The van der Waals surface area contributed by atoms with E-state index in [4.69, 9.17) is 9.47 Å². The van der Waals surface area contributed by atoms with E-state index in [1.807, 2.05) is 0 Å². The topological polar surface area (TPSA) is 18.5 Å². The molecular weight excluding hydrogens is 613 g/mol. The summed E-state index contributed by atoms with van der Waals surface area (Å²) in [5.74, 6) is 2.37. The average molecular weight is 665 g/mol. The molecule has 5 aromatic rings. The molecule has 0 aliphatic carbocycles. The van der Waals surface area contributed by atoms with Crippen LogP contribution in [-0.2, 0) is 12.8 Å². The van der Waals surface area contributed by atoms with E-state index in [2.05, 4.69) is 111 Å². The van der Waals surface area contributed by atoms with E-state index >= 15 is 0 Å². The van der Waals surface area contributed by atoms with Crippen molar-refractivity contribution in [3.8, 4) is 54.6 Å². The van der Waals surface area contributed by atoms with Crippen LogP contribution >= 0.6 is 22.7 Å². The van der Waals surface area contributed by atoms with E-state index in [-0.39, 0.29) is 0 Å². The van der Waals surface area contributed by atoms with Crippen molar-refractivity contribution in [2.24, 2.45) is 5.92 Å². The summed E-state index contributed by atoms with van der Waals surface area (Å²) in [4.78, 5) is 2.39. The van der Waals surface area contributed by atoms with Crippen LogP contribution in [0.3, 0.4) is 0 Å². The highest BCUT2D eigenvalue weighted by atomic mass is 32.1. The van der Waals surface area contributed by atoms with Crippen LogP contribution in [0, 0.1) is 5.92 Å². The van der Waals surface area contributed by atoms with Crippen LogP contribution in [-0.4, -0.2) is 13.7 Å². The second kappa shape index (κ2) is 17.7. The zero-order valence-electron chi connectivity index (χ0n) is 29.1. The third-order valence-electron chi connectivity index (χ3n) is 9.26.